The van der Waals surface area contributed by atoms with E-state index in [9.17, 15) is 0 Å². The lowest BCUT2D eigenvalue weighted by atomic mass is 9.86. The summed E-state index contributed by atoms with van der Waals surface area (Å²) in [5, 5.41) is 3.22. The monoisotopic (exact) mass is 254 g/mol. The summed E-state index contributed by atoms with van der Waals surface area (Å²) in [6.45, 7) is 2.66. The van der Waals surface area contributed by atoms with Crippen LogP contribution in [0.3, 0.4) is 0 Å². The number of likely N-dealkylation sites (N-methyl/N-ethyl adjacent to an activating group) is 3. The van der Waals surface area contributed by atoms with Crippen molar-refractivity contribution in [2.45, 2.75) is 23.8 Å². The van der Waals surface area contributed by atoms with E-state index in [1.54, 1.807) is 0 Å². The molecule has 1 fully saturated rings. The molecule has 0 aromatic rings. The van der Waals surface area contributed by atoms with Gasteiger partial charge in [0.1, 0.15) is 0 Å². The van der Waals surface area contributed by atoms with E-state index in [4.69, 9.17) is 31.4 Å². The van der Waals surface area contributed by atoms with Gasteiger partial charge in [-0.15, -0.1) is 0 Å². The van der Waals surface area contributed by atoms with Gasteiger partial charge in [0.15, 0.2) is 0 Å². The van der Waals surface area contributed by atoms with Gasteiger partial charge in [-0.3, -0.25) is 0 Å². The summed E-state index contributed by atoms with van der Waals surface area (Å²) < 4.78 is 0. The maximum absolute atomic E-state index is 6.16. The van der Waals surface area contributed by atoms with Gasteiger partial charge in [0.05, 0.1) is 31.4 Å². The van der Waals surface area contributed by atoms with Crippen molar-refractivity contribution < 1.29 is 0 Å². The topological polar surface area (TPSA) is 21.8 Å². The third-order valence-corrected chi connectivity index (χ3v) is 3.72. The van der Waals surface area contributed by atoms with Gasteiger partial charge in [-0.25, -0.2) is 0 Å². The Morgan fingerprint density at radius 1 is 0.737 bits per heavy atom. The molecule has 4 unspecified atom stereocenters. The average Bonchev–Trinajstić information content (AvgIpc) is 2.34. The first-order valence-corrected chi connectivity index (χ1v) is 6.67. The molecule has 1 heterocycles. The predicted octanol–water partition coefficient (Wildman–Crippen LogP) is -2.64. The summed E-state index contributed by atoms with van der Waals surface area (Å²) >= 11 is 0. The zero-order valence-electron chi connectivity index (χ0n) is 12.3. The van der Waals surface area contributed by atoms with Gasteiger partial charge in [0.25, 0.3) is 0 Å². The van der Waals surface area contributed by atoms with E-state index in [0.29, 0.717) is 26.2 Å². The zero-order valence-corrected chi connectivity index (χ0v) is 12.3. The molecule has 0 bridgehead atoms. The molecule has 4 atom stereocenters. The summed E-state index contributed by atoms with van der Waals surface area (Å²) in [4.78, 5) is 6.10. The maximum Gasteiger partial charge on any atom is 0.0927 e. The fourth-order valence-corrected chi connectivity index (χ4v) is 2.08. The Labute approximate surface area is 123 Å². The molecular formula is C11H22B4N4. The number of nitrogens with one attached hydrogen (secondary N) is 1. The average molecular weight is 254 g/mol. The minimum atomic E-state index is -0.145. The summed E-state index contributed by atoms with van der Waals surface area (Å²) in [7, 11) is 30.3. The highest BCUT2D eigenvalue weighted by Gasteiger charge is 2.20. The molecule has 0 aromatic carbocycles. The van der Waals surface area contributed by atoms with Crippen molar-refractivity contribution in [2.24, 2.45) is 0 Å². The van der Waals surface area contributed by atoms with Crippen LogP contribution in [-0.4, -0.2) is 117 Å². The Morgan fingerprint density at radius 3 is 1.68 bits per heavy atom. The van der Waals surface area contributed by atoms with Gasteiger partial charge in [-0.2, -0.15) is 0 Å². The van der Waals surface area contributed by atoms with Crippen LogP contribution >= 0.6 is 0 Å². The molecule has 4 nitrogen and oxygen atoms in total. The van der Waals surface area contributed by atoms with E-state index < -0.39 is 0 Å². The van der Waals surface area contributed by atoms with Crippen LogP contribution in [0, 0.1) is 0 Å². The summed E-state index contributed by atoms with van der Waals surface area (Å²) in [5.41, 5.74) is 0. The smallest absolute Gasteiger partial charge is 0.0927 e. The number of rotatable bonds is 0. The molecule has 1 rings (SSSR count). The summed E-state index contributed by atoms with van der Waals surface area (Å²) in [6.07, 6.45) is 0. The Hall–Kier alpha value is 0.0997. The fourth-order valence-electron chi connectivity index (χ4n) is 2.08. The molecule has 19 heavy (non-hydrogen) atoms. The molecule has 1 aliphatic heterocycles. The molecule has 98 valence electrons. The van der Waals surface area contributed by atoms with Gasteiger partial charge in [-0.1, -0.05) is 0 Å². The molecular weight excluding hydrogens is 231 g/mol. The van der Waals surface area contributed by atoms with Crippen LogP contribution in [0.5, 0.6) is 0 Å². The van der Waals surface area contributed by atoms with Crippen LogP contribution in [-0.2, 0) is 0 Å². The summed E-state index contributed by atoms with van der Waals surface area (Å²) in [5.74, 6) is -0.441. The minimum Gasteiger partial charge on any atom is -0.320 e. The Morgan fingerprint density at radius 2 is 1.16 bits per heavy atom. The van der Waals surface area contributed by atoms with Gasteiger partial charge >= 0.3 is 0 Å². The van der Waals surface area contributed by atoms with Gasteiger partial charge in [0.2, 0.25) is 0 Å². The van der Waals surface area contributed by atoms with Crippen LogP contribution in [0.25, 0.3) is 0 Å². The molecule has 0 amide bonds. The van der Waals surface area contributed by atoms with Crippen LogP contribution in [0.15, 0.2) is 0 Å². The van der Waals surface area contributed by atoms with Gasteiger partial charge in [-0.05, 0) is 44.9 Å². The van der Waals surface area contributed by atoms with Crippen molar-refractivity contribution in [3.8, 4) is 0 Å². The highest BCUT2D eigenvalue weighted by molar-refractivity contribution is 6.14. The van der Waals surface area contributed by atoms with Crippen LogP contribution < -0.4 is 5.32 Å². The fraction of sp³-hybridized carbons (Fsp3) is 1.00. The lowest BCUT2D eigenvalue weighted by Crippen LogP contribution is -2.55. The highest BCUT2D eigenvalue weighted by Crippen LogP contribution is 2.03. The van der Waals surface area contributed by atoms with Gasteiger partial charge < -0.3 is 20.0 Å². The van der Waals surface area contributed by atoms with Crippen molar-refractivity contribution in [1.82, 2.24) is 20.0 Å². The Balaban J connectivity index is 2.71. The van der Waals surface area contributed by atoms with Crippen molar-refractivity contribution >= 4 is 31.4 Å². The number of hydrogen-bond acceptors (Lipinski definition) is 4. The number of hydrogen-bond donors (Lipinski definition) is 1. The third kappa shape index (κ3) is 5.54. The molecule has 1 aliphatic rings. The quantitative estimate of drug-likeness (QED) is 0.477. The van der Waals surface area contributed by atoms with Crippen LogP contribution in [0.1, 0.15) is 0 Å². The largest absolute Gasteiger partial charge is 0.320 e. The zero-order chi connectivity index (χ0) is 14.6. The Bertz CT molecular complexity index is 271. The van der Waals surface area contributed by atoms with Crippen molar-refractivity contribution in [2.75, 3.05) is 47.3 Å². The van der Waals surface area contributed by atoms with Crippen LogP contribution in [0.2, 0.25) is 0 Å². The predicted molar refractivity (Wildman–Crippen MR) is 84.1 cm³/mol. The molecule has 0 aromatic heterocycles. The summed E-state index contributed by atoms with van der Waals surface area (Å²) in [6, 6.07) is 0. The van der Waals surface area contributed by atoms with E-state index in [0.717, 1.165) is 0 Å². The SMILES string of the molecule is [B]C1CN(C)C([B])CN(C)C([B])CN(C)C([B])CN1. The van der Waals surface area contributed by atoms with E-state index in [-0.39, 0.29) is 23.8 Å². The van der Waals surface area contributed by atoms with Crippen molar-refractivity contribution in [1.29, 1.82) is 0 Å². The molecule has 0 saturated carbocycles. The maximum atomic E-state index is 6.16. The molecule has 1 saturated heterocycles. The van der Waals surface area contributed by atoms with E-state index in [1.807, 2.05) is 35.8 Å². The van der Waals surface area contributed by atoms with E-state index >= 15 is 0 Å². The third-order valence-electron chi connectivity index (χ3n) is 3.72. The second-order valence-corrected chi connectivity index (χ2v) is 5.54. The Kier molecular flexibility index (Phi) is 7.01. The molecule has 8 heteroatoms. The van der Waals surface area contributed by atoms with E-state index in [1.165, 1.54) is 0 Å². The lowest BCUT2D eigenvalue weighted by Gasteiger charge is -2.38. The van der Waals surface area contributed by atoms with Crippen LogP contribution in [0.4, 0.5) is 0 Å². The second-order valence-electron chi connectivity index (χ2n) is 5.54. The first-order valence-electron chi connectivity index (χ1n) is 6.67. The van der Waals surface area contributed by atoms with Gasteiger partial charge in [0, 0.05) is 26.2 Å². The standard InChI is InChI=1S/C11H22B4N4/c1-17-5-8(12)16-4-9(13)18(2)6-11(15)19(3)7-10(17)14/h8-11,16H,4-7H2,1-3H3. The molecule has 1 N–H and O–H groups in total. The minimum absolute atomic E-state index is 0.0939. The van der Waals surface area contributed by atoms with E-state index in [2.05, 4.69) is 5.32 Å². The molecule has 0 aliphatic carbocycles. The molecule has 8 radical (unpaired) electrons. The molecule has 0 spiro atoms. The number of nitrogens with zero attached hydrogens (tertiary/aromatic N) is 3. The second kappa shape index (κ2) is 7.77. The van der Waals surface area contributed by atoms with Crippen molar-refractivity contribution in [3.05, 3.63) is 0 Å². The first-order chi connectivity index (χ1) is 8.81. The lowest BCUT2D eigenvalue weighted by molar-refractivity contribution is 0.174. The highest BCUT2D eigenvalue weighted by atomic mass is 15.2. The van der Waals surface area contributed by atoms with Crippen molar-refractivity contribution in [3.63, 3.8) is 0 Å². The normalized spacial score (nSPS) is 38.5. The first kappa shape index (κ1) is 17.2.